The Bertz CT molecular complexity index is 174. The standard InChI is InChI=1S/C11H22N2S/c1-11(4-2-5-11)13-6-3-10-9-14-8-7-12-10/h10,12-13H,2-9H2,1H3. The van der Waals surface area contributed by atoms with E-state index in [1.54, 1.807) is 0 Å². The molecule has 2 fully saturated rings. The molecule has 2 N–H and O–H groups in total. The van der Waals surface area contributed by atoms with Crippen LogP contribution in [0.25, 0.3) is 0 Å². The van der Waals surface area contributed by atoms with Gasteiger partial charge in [0.05, 0.1) is 0 Å². The van der Waals surface area contributed by atoms with Gasteiger partial charge in [0.1, 0.15) is 0 Å². The highest BCUT2D eigenvalue weighted by Gasteiger charge is 2.30. The molecule has 1 unspecified atom stereocenters. The topological polar surface area (TPSA) is 24.1 Å². The lowest BCUT2D eigenvalue weighted by Crippen LogP contribution is -2.50. The predicted molar refractivity (Wildman–Crippen MR) is 64.0 cm³/mol. The minimum absolute atomic E-state index is 0.488. The van der Waals surface area contributed by atoms with Gasteiger partial charge < -0.3 is 10.6 Å². The molecule has 2 aliphatic rings. The Morgan fingerprint density at radius 1 is 1.50 bits per heavy atom. The molecule has 1 aliphatic carbocycles. The Labute approximate surface area is 91.6 Å². The van der Waals surface area contributed by atoms with Gasteiger partial charge in [0.2, 0.25) is 0 Å². The van der Waals surface area contributed by atoms with Gasteiger partial charge in [-0.25, -0.2) is 0 Å². The Morgan fingerprint density at radius 2 is 2.36 bits per heavy atom. The number of nitrogens with one attached hydrogen (secondary N) is 2. The molecule has 3 heteroatoms. The lowest BCUT2D eigenvalue weighted by atomic mass is 9.78. The molecule has 2 nitrogen and oxygen atoms in total. The third kappa shape index (κ3) is 2.88. The Morgan fingerprint density at radius 3 is 2.93 bits per heavy atom. The maximum absolute atomic E-state index is 3.69. The molecule has 2 rings (SSSR count). The molecule has 0 aromatic rings. The van der Waals surface area contributed by atoms with E-state index in [-0.39, 0.29) is 0 Å². The van der Waals surface area contributed by atoms with E-state index in [2.05, 4.69) is 29.3 Å². The van der Waals surface area contributed by atoms with E-state index < -0.39 is 0 Å². The first-order chi connectivity index (χ1) is 6.79. The van der Waals surface area contributed by atoms with Crippen LogP contribution in [0.15, 0.2) is 0 Å². The summed E-state index contributed by atoms with van der Waals surface area (Å²) in [4.78, 5) is 0. The molecule has 0 aromatic heterocycles. The van der Waals surface area contributed by atoms with Crippen molar-refractivity contribution < 1.29 is 0 Å². The monoisotopic (exact) mass is 214 g/mol. The summed E-state index contributed by atoms with van der Waals surface area (Å²) in [5, 5.41) is 7.27. The smallest absolute Gasteiger partial charge is 0.0170 e. The number of hydrogen-bond donors (Lipinski definition) is 2. The Balaban J connectivity index is 1.57. The van der Waals surface area contributed by atoms with Gasteiger partial charge in [0.25, 0.3) is 0 Å². The van der Waals surface area contributed by atoms with E-state index in [1.165, 1.54) is 50.3 Å². The van der Waals surface area contributed by atoms with Crippen molar-refractivity contribution in [3.63, 3.8) is 0 Å². The van der Waals surface area contributed by atoms with Crippen molar-refractivity contribution in [1.29, 1.82) is 0 Å². The van der Waals surface area contributed by atoms with Crippen molar-refractivity contribution >= 4 is 11.8 Å². The van der Waals surface area contributed by atoms with E-state index in [0.717, 1.165) is 6.04 Å². The van der Waals surface area contributed by atoms with E-state index in [9.17, 15) is 0 Å². The summed E-state index contributed by atoms with van der Waals surface area (Å²) in [6.07, 6.45) is 5.46. The molecule has 0 spiro atoms. The van der Waals surface area contributed by atoms with Gasteiger partial charge in [-0.3, -0.25) is 0 Å². The molecule has 14 heavy (non-hydrogen) atoms. The molecule has 1 atom stereocenters. The van der Waals surface area contributed by atoms with E-state index in [4.69, 9.17) is 0 Å². The summed E-state index contributed by atoms with van der Waals surface area (Å²) in [5.74, 6) is 2.60. The third-order valence-corrected chi connectivity index (χ3v) is 4.63. The molecule has 1 saturated heterocycles. The zero-order chi connectivity index (χ0) is 9.86. The summed E-state index contributed by atoms with van der Waals surface area (Å²) >= 11 is 2.09. The molecule has 1 saturated carbocycles. The number of rotatable bonds is 4. The zero-order valence-electron chi connectivity index (χ0n) is 9.14. The van der Waals surface area contributed by atoms with Crippen molar-refractivity contribution in [2.45, 2.75) is 44.2 Å². The Hall–Kier alpha value is 0.270. The summed E-state index contributed by atoms with van der Waals surface area (Å²) in [6, 6.07) is 0.755. The van der Waals surface area contributed by atoms with E-state index in [1.807, 2.05) is 0 Å². The second-order valence-corrected chi connectivity index (χ2v) is 6.01. The van der Waals surface area contributed by atoms with Crippen molar-refractivity contribution in [3.05, 3.63) is 0 Å². The first kappa shape index (κ1) is 10.8. The highest BCUT2D eigenvalue weighted by atomic mass is 32.2. The normalized spacial score (nSPS) is 31.1. The largest absolute Gasteiger partial charge is 0.312 e. The zero-order valence-corrected chi connectivity index (χ0v) is 9.96. The van der Waals surface area contributed by atoms with Crippen LogP contribution in [-0.4, -0.2) is 36.2 Å². The van der Waals surface area contributed by atoms with Crippen LogP contribution in [0, 0.1) is 0 Å². The SMILES string of the molecule is CC1(NCCC2CSCCN2)CCC1. The average molecular weight is 214 g/mol. The Kier molecular flexibility index (Phi) is 3.74. The van der Waals surface area contributed by atoms with Crippen molar-refractivity contribution in [2.75, 3.05) is 24.6 Å². The van der Waals surface area contributed by atoms with Crippen molar-refractivity contribution in [1.82, 2.24) is 10.6 Å². The molecular weight excluding hydrogens is 192 g/mol. The van der Waals surface area contributed by atoms with Crippen LogP contribution in [0.3, 0.4) is 0 Å². The highest BCUT2D eigenvalue weighted by molar-refractivity contribution is 7.99. The minimum Gasteiger partial charge on any atom is -0.312 e. The van der Waals surface area contributed by atoms with Crippen LogP contribution in [0.1, 0.15) is 32.6 Å². The molecule has 0 radical (unpaired) electrons. The fourth-order valence-corrected chi connectivity index (χ4v) is 3.24. The van der Waals surface area contributed by atoms with Crippen LogP contribution in [-0.2, 0) is 0 Å². The summed E-state index contributed by atoms with van der Waals surface area (Å²) in [7, 11) is 0. The summed E-state index contributed by atoms with van der Waals surface area (Å²) < 4.78 is 0. The van der Waals surface area contributed by atoms with Crippen molar-refractivity contribution in [3.8, 4) is 0 Å². The fourth-order valence-electron chi connectivity index (χ4n) is 2.24. The molecule has 82 valence electrons. The van der Waals surface area contributed by atoms with Crippen molar-refractivity contribution in [2.24, 2.45) is 0 Å². The lowest BCUT2D eigenvalue weighted by molar-refractivity contribution is 0.206. The maximum atomic E-state index is 3.69. The minimum atomic E-state index is 0.488. The van der Waals surface area contributed by atoms with Gasteiger partial charge in [0.15, 0.2) is 0 Å². The van der Waals surface area contributed by atoms with Gasteiger partial charge in [0, 0.05) is 29.6 Å². The molecule has 1 heterocycles. The molecule has 0 bridgehead atoms. The van der Waals surface area contributed by atoms with Gasteiger partial charge in [-0.1, -0.05) is 0 Å². The average Bonchev–Trinajstić information content (AvgIpc) is 2.17. The van der Waals surface area contributed by atoms with Gasteiger partial charge >= 0.3 is 0 Å². The first-order valence-corrected chi connectivity index (χ1v) is 7.00. The van der Waals surface area contributed by atoms with Gasteiger partial charge in [-0.15, -0.1) is 0 Å². The second-order valence-electron chi connectivity index (χ2n) is 4.86. The van der Waals surface area contributed by atoms with E-state index >= 15 is 0 Å². The summed E-state index contributed by atoms with van der Waals surface area (Å²) in [5.41, 5.74) is 0.488. The highest BCUT2D eigenvalue weighted by Crippen LogP contribution is 2.30. The van der Waals surface area contributed by atoms with Crippen LogP contribution in [0.5, 0.6) is 0 Å². The van der Waals surface area contributed by atoms with Crippen LogP contribution < -0.4 is 10.6 Å². The molecule has 1 aliphatic heterocycles. The van der Waals surface area contributed by atoms with Crippen LogP contribution >= 0.6 is 11.8 Å². The molecular formula is C11H22N2S. The second kappa shape index (κ2) is 4.86. The van der Waals surface area contributed by atoms with Gasteiger partial charge in [-0.2, -0.15) is 11.8 Å². The quantitative estimate of drug-likeness (QED) is 0.743. The lowest BCUT2D eigenvalue weighted by Gasteiger charge is -2.40. The van der Waals surface area contributed by atoms with Crippen LogP contribution in [0.4, 0.5) is 0 Å². The number of hydrogen-bond acceptors (Lipinski definition) is 3. The predicted octanol–water partition coefficient (Wildman–Crippen LogP) is 1.61. The third-order valence-electron chi connectivity index (χ3n) is 3.50. The first-order valence-electron chi connectivity index (χ1n) is 5.85. The number of thioether (sulfide) groups is 1. The van der Waals surface area contributed by atoms with Crippen LogP contribution in [0.2, 0.25) is 0 Å². The fraction of sp³-hybridized carbons (Fsp3) is 1.00. The van der Waals surface area contributed by atoms with Gasteiger partial charge in [-0.05, 0) is 39.2 Å². The maximum Gasteiger partial charge on any atom is 0.0170 e. The van der Waals surface area contributed by atoms with E-state index in [0.29, 0.717) is 5.54 Å². The molecule has 0 aromatic carbocycles. The summed E-state index contributed by atoms with van der Waals surface area (Å²) in [6.45, 7) is 4.75. The molecule has 0 amide bonds.